The first kappa shape index (κ1) is 10.7. The highest BCUT2D eigenvalue weighted by Gasteiger charge is 2.19. The lowest BCUT2D eigenvalue weighted by molar-refractivity contribution is -0.0442. The first-order valence-electron chi connectivity index (χ1n) is 5.01. The van der Waals surface area contributed by atoms with Crippen molar-refractivity contribution in [1.82, 2.24) is 0 Å². The molecule has 0 unspecified atom stereocenters. The molecule has 3 heteroatoms. The molecular weight excluding hydrogens is 208 g/mol. The first-order valence-corrected chi connectivity index (χ1v) is 5.64. The van der Waals surface area contributed by atoms with Crippen LogP contribution in [0.15, 0.2) is 30.3 Å². The summed E-state index contributed by atoms with van der Waals surface area (Å²) in [5, 5.41) is 0. The van der Waals surface area contributed by atoms with Crippen molar-refractivity contribution in [2.45, 2.75) is 6.29 Å². The van der Waals surface area contributed by atoms with Crippen molar-refractivity contribution in [1.29, 1.82) is 0 Å². The third-order valence-electron chi connectivity index (χ3n) is 2.27. The van der Waals surface area contributed by atoms with E-state index in [1.807, 2.05) is 30.4 Å². The predicted molar refractivity (Wildman–Crippen MR) is 64.0 cm³/mol. The SMILES string of the molecule is SCC=Cc1ccccc1C1OCCO1. The largest absolute Gasteiger partial charge is 0.346 e. The summed E-state index contributed by atoms with van der Waals surface area (Å²) in [5.41, 5.74) is 2.23. The normalized spacial score (nSPS) is 17.7. The Kier molecular flexibility index (Phi) is 3.83. The lowest BCUT2D eigenvalue weighted by atomic mass is 10.1. The van der Waals surface area contributed by atoms with Gasteiger partial charge in [0.05, 0.1) is 13.2 Å². The zero-order chi connectivity index (χ0) is 10.5. The fraction of sp³-hybridized carbons (Fsp3) is 0.333. The minimum absolute atomic E-state index is 0.203. The van der Waals surface area contributed by atoms with Crippen LogP contribution in [0, 0.1) is 0 Å². The highest BCUT2D eigenvalue weighted by molar-refractivity contribution is 7.80. The predicted octanol–water partition coefficient (Wildman–Crippen LogP) is 2.68. The average Bonchev–Trinajstić information content (AvgIpc) is 2.80. The van der Waals surface area contributed by atoms with E-state index in [1.165, 1.54) is 0 Å². The van der Waals surface area contributed by atoms with Crippen LogP contribution in [0.1, 0.15) is 17.4 Å². The van der Waals surface area contributed by atoms with E-state index < -0.39 is 0 Å². The Morgan fingerprint density at radius 1 is 1.27 bits per heavy atom. The topological polar surface area (TPSA) is 18.5 Å². The molecule has 1 saturated heterocycles. The third kappa shape index (κ3) is 2.62. The minimum Gasteiger partial charge on any atom is -0.346 e. The molecule has 0 saturated carbocycles. The van der Waals surface area contributed by atoms with E-state index >= 15 is 0 Å². The molecule has 0 N–H and O–H groups in total. The van der Waals surface area contributed by atoms with Crippen molar-refractivity contribution in [2.24, 2.45) is 0 Å². The summed E-state index contributed by atoms with van der Waals surface area (Å²) >= 11 is 4.15. The molecule has 1 aliphatic heterocycles. The molecule has 1 heterocycles. The summed E-state index contributed by atoms with van der Waals surface area (Å²) in [4.78, 5) is 0. The van der Waals surface area contributed by atoms with Gasteiger partial charge in [-0.15, -0.1) is 0 Å². The van der Waals surface area contributed by atoms with Crippen LogP contribution in [-0.2, 0) is 9.47 Å². The molecule has 80 valence electrons. The molecule has 2 rings (SSSR count). The number of hydrogen-bond donors (Lipinski definition) is 1. The quantitative estimate of drug-likeness (QED) is 0.793. The van der Waals surface area contributed by atoms with Gasteiger partial charge in [-0.05, 0) is 5.56 Å². The van der Waals surface area contributed by atoms with Crippen LogP contribution in [0.25, 0.3) is 6.08 Å². The van der Waals surface area contributed by atoms with Gasteiger partial charge in [0.25, 0.3) is 0 Å². The van der Waals surface area contributed by atoms with Gasteiger partial charge in [-0.2, -0.15) is 12.6 Å². The van der Waals surface area contributed by atoms with E-state index in [0.29, 0.717) is 13.2 Å². The number of thiol groups is 1. The van der Waals surface area contributed by atoms with Crippen molar-refractivity contribution in [3.63, 3.8) is 0 Å². The van der Waals surface area contributed by atoms with Gasteiger partial charge in [-0.3, -0.25) is 0 Å². The van der Waals surface area contributed by atoms with Gasteiger partial charge in [0.1, 0.15) is 0 Å². The zero-order valence-electron chi connectivity index (χ0n) is 8.43. The molecule has 0 aliphatic carbocycles. The van der Waals surface area contributed by atoms with Gasteiger partial charge in [-0.1, -0.05) is 36.4 Å². The van der Waals surface area contributed by atoms with Crippen LogP contribution in [0.3, 0.4) is 0 Å². The Hall–Kier alpha value is -0.770. The molecule has 2 nitrogen and oxygen atoms in total. The summed E-state index contributed by atoms with van der Waals surface area (Å²) < 4.78 is 11.0. The number of ether oxygens (including phenoxy) is 2. The molecule has 0 radical (unpaired) electrons. The maximum Gasteiger partial charge on any atom is 0.184 e. The highest BCUT2D eigenvalue weighted by atomic mass is 32.1. The number of rotatable bonds is 3. The van der Waals surface area contributed by atoms with Crippen LogP contribution in [0.4, 0.5) is 0 Å². The molecule has 0 spiro atoms. The van der Waals surface area contributed by atoms with Crippen molar-refractivity contribution in [2.75, 3.05) is 19.0 Å². The zero-order valence-corrected chi connectivity index (χ0v) is 9.32. The maximum atomic E-state index is 5.48. The molecular formula is C12H14O2S. The Bertz CT molecular complexity index is 343. The lowest BCUT2D eigenvalue weighted by Crippen LogP contribution is -2.00. The standard InChI is InChI=1S/C12H14O2S/c15-9-3-5-10-4-1-2-6-11(10)12-13-7-8-14-12/h1-6,12,15H,7-9H2. The van der Waals surface area contributed by atoms with E-state index in [9.17, 15) is 0 Å². The van der Waals surface area contributed by atoms with Crippen LogP contribution in [0.2, 0.25) is 0 Å². The van der Waals surface area contributed by atoms with Crippen LogP contribution >= 0.6 is 12.6 Å². The van der Waals surface area contributed by atoms with Crippen LogP contribution < -0.4 is 0 Å². The molecule has 0 bridgehead atoms. The lowest BCUT2D eigenvalue weighted by Gasteiger charge is -2.12. The fourth-order valence-electron chi connectivity index (χ4n) is 1.59. The Morgan fingerprint density at radius 3 is 2.73 bits per heavy atom. The second-order valence-electron chi connectivity index (χ2n) is 3.29. The first-order chi connectivity index (χ1) is 7.42. The van der Waals surface area contributed by atoms with E-state index in [0.717, 1.165) is 16.9 Å². The molecule has 1 aliphatic rings. The average molecular weight is 222 g/mol. The third-order valence-corrected chi connectivity index (χ3v) is 2.49. The molecule has 0 amide bonds. The van der Waals surface area contributed by atoms with Crippen molar-refractivity contribution in [3.8, 4) is 0 Å². The molecule has 1 aromatic carbocycles. The van der Waals surface area contributed by atoms with Crippen molar-refractivity contribution < 1.29 is 9.47 Å². The van der Waals surface area contributed by atoms with E-state index in [1.54, 1.807) is 0 Å². The van der Waals surface area contributed by atoms with Gasteiger partial charge >= 0.3 is 0 Å². The van der Waals surface area contributed by atoms with E-state index in [2.05, 4.69) is 18.7 Å². The number of benzene rings is 1. The molecule has 15 heavy (non-hydrogen) atoms. The minimum atomic E-state index is -0.203. The smallest absolute Gasteiger partial charge is 0.184 e. The summed E-state index contributed by atoms with van der Waals surface area (Å²) in [6.45, 7) is 1.35. The summed E-state index contributed by atoms with van der Waals surface area (Å²) in [6.07, 6.45) is 3.86. The maximum absolute atomic E-state index is 5.48. The molecule has 0 aromatic heterocycles. The summed E-state index contributed by atoms with van der Waals surface area (Å²) in [5.74, 6) is 0.737. The Balaban J connectivity index is 2.24. The highest BCUT2D eigenvalue weighted by Crippen LogP contribution is 2.26. The monoisotopic (exact) mass is 222 g/mol. The van der Waals surface area contributed by atoms with Crippen LogP contribution in [-0.4, -0.2) is 19.0 Å². The van der Waals surface area contributed by atoms with Crippen molar-refractivity contribution in [3.05, 3.63) is 41.5 Å². The summed E-state index contributed by atoms with van der Waals surface area (Å²) in [6, 6.07) is 8.10. The Morgan fingerprint density at radius 2 is 2.00 bits per heavy atom. The molecule has 0 atom stereocenters. The van der Waals surface area contributed by atoms with Gasteiger partial charge < -0.3 is 9.47 Å². The number of hydrogen-bond acceptors (Lipinski definition) is 3. The van der Waals surface area contributed by atoms with Crippen molar-refractivity contribution >= 4 is 18.7 Å². The van der Waals surface area contributed by atoms with E-state index in [4.69, 9.17) is 9.47 Å². The van der Waals surface area contributed by atoms with Gasteiger partial charge in [0.2, 0.25) is 0 Å². The van der Waals surface area contributed by atoms with E-state index in [-0.39, 0.29) is 6.29 Å². The second-order valence-corrected chi connectivity index (χ2v) is 3.65. The second kappa shape index (κ2) is 5.35. The Labute approximate surface area is 95.3 Å². The summed E-state index contributed by atoms with van der Waals surface area (Å²) in [7, 11) is 0. The molecule has 1 fully saturated rings. The van der Waals surface area contributed by atoms with Gasteiger partial charge in [-0.25, -0.2) is 0 Å². The van der Waals surface area contributed by atoms with Gasteiger partial charge in [0.15, 0.2) is 6.29 Å². The fourth-order valence-corrected chi connectivity index (χ4v) is 1.70. The molecule has 1 aromatic rings. The van der Waals surface area contributed by atoms with Crippen LogP contribution in [0.5, 0.6) is 0 Å². The van der Waals surface area contributed by atoms with Gasteiger partial charge in [0, 0.05) is 11.3 Å².